The normalized spacial score (nSPS) is 12.2. The van der Waals surface area contributed by atoms with E-state index < -0.39 is 0 Å². The van der Waals surface area contributed by atoms with E-state index in [-0.39, 0.29) is 5.97 Å². The lowest BCUT2D eigenvalue weighted by Crippen LogP contribution is -2.08. The number of aryl methyl sites for hydroxylation is 2. The highest BCUT2D eigenvalue weighted by molar-refractivity contribution is 5.69. The third-order valence-corrected chi connectivity index (χ3v) is 4.56. The highest BCUT2D eigenvalue weighted by Gasteiger charge is 2.16. The first kappa shape index (κ1) is 19.2. The monoisotopic (exact) mass is 342 g/mol. The van der Waals surface area contributed by atoms with Crippen molar-refractivity contribution in [2.24, 2.45) is 0 Å². The van der Waals surface area contributed by atoms with Crippen molar-refractivity contribution in [3.63, 3.8) is 0 Å². The molecular weight excluding hydrogens is 312 g/mol. The van der Waals surface area contributed by atoms with E-state index >= 15 is 0 Å². The molecule has 4 nitrogen and oxygen atoms in total. The number of carbonyl (C=O) groups is 1. The van der Waals surface area contributed by atoms with Crippen LogP contribution in [0.5, 0.6) is 0 Å². The number of ether oxygens (including phenoxy) is 1. The predicted octanol–water partition coefficient (Wildman–Crippen LogP) is 4.97. The van der Waals surface area contributed by atoms with Crippen molar-refractivity contribution >= 4 is 5.97 Å². The fourth-order valence-corrected chi connectivity index (χ4v) is 3.25. The third-order valence-electron chi connectivity index (χ3n) is 4.56. The van der Waals surface area contributed by atoms with Crippen LogP contribution in [0.25, 0.3) is 5.69 Å². The van der Waals surface area contributed by atoms with Crippen molar-refractivity contribution in [1.82, 2.24) is 9.78 Å². The van der Waals surface area contributed by atoms with Gasteiger partial charge in [0, 0.05) is 12.6 Å². The molecule has 1 atom stereocenters. The van der Waals surface area contributed by atoms with E-state index in [1.54, 1.807) is 0 Å². The first-order valence-corrected chi connectivity index (χ1v) is 9.40. The Morgan fingerprint density at radius 3 is 2.64 bits per heavy atom. The molecule has 25 heavy (non-hydrogen) atoms. The summed E-state index contributed by atoms with van der Waals surface area (Å²) >= 11 is 0. The standard InChI is InChI=1S/C21H30N2O2/c1-5-8-18(6-2)19-11-9-17(10-12-21(24)25-7-3)15-20(19)23-14-13-16(4)22-23/h9,11,13-15,18H,5-8,10,12H2,1-4H3. The van der Waals surface area contributed by atoms with Gasteiger partial charge in [0.2, 0.25) is 0 Å². The molecule has 0 aliphatic heterocycles. The first-order valence-electron chi connectivity index (χ1n) is 9.40. The van der Waals surface area contributed by atoms with Crippen LogP contribution in [0.15, 0.2) is 30.5 Å². The molecule has 0 bridgehead atoms. The van der Waals surface area contributed by atoms with Crippen LogP contribution in [-0.2, 0) is 16.0 Å². The molecule has 1 aromatic carbocycles. The lowest BCUT2D eigenvalue weighted by molar-refractivity contribution is -0.143. The lowest BCUT2D eigenvalue weighted by atomic mass is 9.89. The van der Waals surface area contributed by atoms with Crippen LogP contribution < -0.4 is 0 Å². The smallest absolute Gasteiger partial charge is 0.306 e. The fourth-order valence-electron chi connectivity index (χ4n) is 3.25. The summed E-state index contributed by atoms with van der Waals surface area (Å²) in [7, 11) is 0. The molecule has 1 aromatic heterocycles. The summed E-state index contributed by atoms with van der Waals surface area (Å²) in [5, 5.41) is 4.61. The number of hydrogen-bond donors (Lipinski definition) is 0. The molecule has 2 rings (SSSR count). The van der Waals surface area contributed by atoms with Gasteiger partial charge in [-0.2, -0.15) is 5.10 Å². The van der Waals surface area contributed by atoms with Gasteiger partial charge in [0.1, 0.15) is 0 Å². The molecule has 0 spiro atoms. The van der Waals surface area contributed by atoms with Gasteiger partial charge in [-0.3, -0.25) is 4.79 Å². The Morgan fingerprint density at radius 1 is 1.24 bits per heavy atom. The molecule has 1 heterocycles. The number of aromatic nitrogens is 2. The van der Waals surface area contributed by atoms with Crippen molar-refractivity contribution in [2.45, 2.75) is 65.7 Å². The van der Waals surface area contributed by atoms with Crippen LogP contribution in [0, 0.1) is 6.92 Å². The Morgan fingerprint density at radius 2 is 2.04 bits per heavy atom. The van der Waals surface area contributed by atoms with Crippen LogP contribution in [-0.4, -0.2) is 22.4 Å². The second kappa shape index (κ2) is 9.40. The highest BCUT2D eigenvalue weighted by atomic mass is 16.5. The van der Waals surface area contributed by atoms with Crippen LogP contribution in [0.2, 0.25) is 0 Å². The van der Waals surface area contributed by atoms with E-state index in [2.05, 4.69) is 37.1 Å². The average molecular weight is 342 g/mol. The second-order valence-electron chi connectivity index (χ2n) is 6.49. The van der Waals surface area contributed by atoms with Gasteiger partial charge >= 0.3 is 5.97 Å². The SMILES string of the molecule is CCCC(CC)c1ccc(CCC(=O)OCC)cc1-n1ccc(C)n1. The maximum atomic E-state index is 11.6. The van der Waals surface area contributed by atoms with Crippen molar-refractivity contribution in [3.8, 4) is 5.69 Å². The Labute approximate surface area is 151 Å². The lowest BCUT2D eigenvalue weighted by Gasteiger charge is -2.20. The Balaban J connectivity index is 2.32. The molecule has 136 valence electrons. The van der Waals surface area contributed by atoms with E-state index in [1.807, 2.05) is 30.8 Å². The van der Waals surface area contributed by atoms with Gasteiger partial charge in [-0.25, -0.2) is 4.68 Å². The molecular formula is C21H30N2O2. The maximum absolute atomic E-state index is 11.6. The van der Waals surface area contributed by atoms with Gasteiger partial charge < -0.3 is 4.74 Å². The first-order chi connectivity index (χ1) is 12.1. The molecule has 0 saturated carbocycles. The van der Waals surface area contributed by atoms with Crippen molar-refractivity contribution < 1.29 is 9.53 Å². The van der Waals surface area contributed by atoms with Crippen LogP contribution in [0.4, 0.5) is 0 Å². The van der Waals surface area contributed by atoms with Crippen LogP contribution >= 0.6 is 0 Å². The van der Waals surface area contributed by atoms with E-state index in [1.165, 1.54) is 18.4 Å². The van der Waals surface area contributed by atoms with Crippen molar-refractivity contribution in [2.75, 3.05) is 6.61 Å². The number of nitrogens with zero attached hydrogens (tertiary/aromatic N) is 2. The molecule has 0 saturated heterocycles. The van der Waals surface area contributed by atoms with Gasteiger partial charge in [-0.1, -0.05) is 32.4 Å². The van der Waals surface area contributed by atoms with Crippen molar-refractivity contribution in [3.05, 3.63) is 47.3 Å². The highest BCUT2D eigenvalue weighted by Crippen LogP contribution is 2.31. The van der Waals surface area contributed by atoms with Crippen LogP contribution in [0.3, 0.4) is 0 Å². The molecule has 1 unspecified atom stereocenters. The number of esters is 1. The summed E-state index contributed by atoms with van der Waals surface area (Å²) in [5.74, 6) is 0.393. The van der Waals surface area contributed by atoms with Gasteiger partial charge in [0.25, 0.3) is 0 Å². The largest absolute Gasteiger partial charge is 0.466 e. The van der Waals surface area contributed by atoms with Gasteiger partial charge in [0.05, 0.1) is 18.0 Å². The quantitative estimate of drug-likeness (QED) is 0.604. The number of carbonyl (C=O) groups excluding carboxylic acids is 1. The summed E-state index contributed by atoms with van der Waals surface area (Å²) in [6, 6.07) is 8.57. The molecule has 0 N–H and O–H groups in total. The number of benzene rings is 1. The van der Waals surface area contributed by atoms with E-state index in [4.69, 9.17) is 4.74 Å². The minimum Gasteiger partial charge on any atom is -0.466 e. The minimum atomic E-state index is -0.138. The molecule has 0 aliphatic carbocycles. The topological polar surface area (TPSA) is 44.1 Å². The van der Waals surface area contributed by atoms with Crippen molar-refractivity contribution in [1.29, 1.82) is 0 Å². The van der Waals surface area contributed by atoms with Gasteiger partial charge in [-0.05, 0) is 62.3 Å². The number of hydrogen-bond acceptors (Lipinski definition) is 3. The zero-order valence-corrected chi connectivity index (χ0v) is 15.9. The second-order valence-corrected chi connectivity index (χ2v) is 6.49. The minimum absolute atomic E-state index is 0.138. The molecule has 2 aromatic rings. The summed E-state index contributed by atoms with van der Waals surface area (Å²) in [5.41, 5.74) is 4.62. The molecule has 0 amide bonds. The summed E-state index contributed by atoms with van der Waals surface area (Å²) < 4.78 is 7.01. The molecule has 0 aliphatic rings. The van der Waals surface area contributed by atoms with E-state index in [0.717, 1.165) is 23.4 Å². The Kier molecular flexibility index (Phi) is 7.23. The molecule has 0 fully saturated rings. The maximum Gasteiger partial charge on any atom is 0.306 e. The van der Waals surface area contributed by atoms with Gasteiger partial charge in [-0.15, -0.1) is 0 Å². The summed E-state index contributed by atoms with van der Waals surface area (Å²) in [4.78, 5) is 11.6. The third kappa shape index (κ3) is 5.18. The zero-order valence-electron chi connectivity index (χ0n) is 15.9. The van der Waals surface area contributed by atoms with E-state index in [9.17, 15) is 4.79 Å². The zero-order chi connectivity index (χ0) is 18.2. The number of rotatable bonds is 9. The fraction of sp³-hybridized carbons (Fsp3) is 0.524. The Hall–Kier alpha value is -2.10. The summed E-state index contributed by atoms with van der Waals surface area (Å²) in [6.07, 6.45) is 6.58. The Bertz CT molecular complexity index is 691. The van der Waals surface area contributed by atoms with E-state index in [0.29, 0.717) is 25.4 Å². The predicted molar refractivity (Wildman–Crippen MR) is 101 cm³/mol. The molecule has 4 heteroatoms. The van der Waals surface area contributed by atoms with Crippen LogP contribution in [0.1, 0.15) is 69.2 Å². The summed E-state index contributed by atoms with van der Waals surface area (Å²) in [6.45, 7) is 8.75. The average Bonchev–Trinajstić information content (AvgIpc) is 3.04. The molecule has 0 radical (unpaired) electrons. The van der Waals surface area contributed by atoms with Gasteiger partial charge in [0.15, 0.2) is 0 Å².